The van der Waals surface area contributed by atoms with Crippen molar-refractivity contribution in [3.8, 4) is 11.8 Å². The highest BCUT2D eigenvalue weighted by Crippen LogP contribution is 2.27. The van der Waals surface area contributed by atoms with Crippen LogP contribution in [0.1, 0.15) is 48.4 Å². The van der Waals surface area contributed by atoms with E-state index in [1.165, 1.54) is 0 Å². The average Bonchev–Trinajstić information content (AvgIpc) is 2.69. The van der Waals surface area contributed by atoms with Gasteiger partial charge < -0.3 is 4.74 Å². The summed E-state index contributed by atoms with van der Waals surface area (Å²) in [5.41, 5.74) is 8.36. The Morgan fingerprint density at radius 3 is 2.39 bits per heavy atom. The Labute approximate surface area is 165 Å². The number of aryl methyl sites for hydroxylation is 2. The maximum Gasteiger partial charge on any atom is 0.276 e. The van der Waals surface area contributed by atoms with Gasteiger partial charge in [-0.2, -0.15) is 5.26 Å². The highest BCUT2D eigenvalue weighted by molar-refractivity contribution is 5.82. The molecule has 6 heteroatoms. The van der Waals surface area contributed by atoms with Crippen LogP contribution in [0.5, 0.6) is 5.75 Å². The quantitative estimate of drug-likeness (QED) is 0.723. The largest absolute Gasteiger partial charge is 0.483 e. The predicted octanol–water partition coefficient (Wildman–Crippen LogP) is 3.15. The van der Waals surface area contributed by atoms with E-state index in [0.29, 0.717) is 17.7 Å². The topological polar surface area (TPSA) is 91.2 Å². The fourth-order valence-corrected chi connectivity index (χ4v) is 2.63. The van der Waals surface area contributed by atoms with Crippen molar-refractivity contribution in [2.45, 2.75) is 39.5 Å². The zero-order valence-electron chi connectivity index (χ0n) is 16.4. The number of rotatable bonds is 7. The van der Waals surface area contributed by atoms with E-state index in [4.69, 9.17) is 10.00 Å². The Bertz CT molecular complexity index is 868. The molecular weight excluding hydrogens is 354 g/mol. The summed E-state index contributed by atoms with van der Waals surface area (Å²) in [6, 6.07) is 15.0. The van der Waals surface area contributed by atoms with Gasteiger partial charge in [-0.3, -0.25) is 20.4 Å². The number of carbonyl (C=O) groups excluding carboxylic acids is 2. The lowest BCUT2D eigenvalue weighted by Crippen LogP contribution is -2.43. The number of ether oxygens (including phenoxy) is 1. The molecule has 2 rings (SSSR count). The third-order valence-corrected chi connectivity index (χ3v) is 4.21. The van der Waals surface area contributed by atoms with E-state index >= 15 is 0 Å². The molecule has 0 saturated heterocycles. The van der Waals surface area contributed by atoms with Crippen molar-refractivity contribution in [3.05, 3.63) is 64.7 Å². The van der Waals surface area contributed by atoms with E-state index in [9.17, 15) is 9.59 Å². The fourth-order valence-electron chi connectivity index (χ4n) is 2.63. The molecule has 2 aromatic carbocycles. The molecule has 146 valence electrons. The van der Waals surface area contributed by atoms with E-state index in [0.717, 1.165) is 16.7 Å². The fraction of sp³-hybridized carbons (Fsp3) is 0.318. The molecule has 0 aliphatic heterocycles. The molecule has 0 heterocycles. The average molecular weight is 379 g/mol. The van der Waals surface area contributed by atoms with Crippen LogP contribution in [-0.4, -0.2) is 18.4 Å². The van der Waals surface area contributed by atoms with Crippen LogP contribution in [0.15, 0.2) is 42.5 Å². The summed E-state index contributed by atoms with van der Waals surface area (Å²) in [7, 11) is 0. The number of benzene rings is 2. The number of nitriles is 1. The maximum absolute atomic E-state index is 12.0. The van der Waals surface area contributed by atoms with Gasteiger partial charge in [0.15, 0.2) is 6.61 Å². The Balaban J connectivity index is 1.75. The number of hydrazine groups is 1. The summed E-state index contributed by atoms with van der Waals surface area (Å²) in [6.45, 7) is 5.90. The molecular formula is C22H25N3O3. The van der Waals surface area contributed by atoms with Gasteiger partial charge in [0.25, 0.3) is 5.91 Å². The third kappa shape index (κ3) is 6.44. The molecule has 2 amide bonds. The highest BCUT2D eigenvalue weighted by atomic mass is 16.5. The second kappa shape index (κ2) is 10.1. The molecule has 0 aliphatic carbocycles. The molecule has 28 heavy (non-hydrogen) atoms. The van der Waals surface area contributed by atoms with Gasteiger partial charge in [-0.15, -0.1) is 0 Å². The predicted molar refractivity (Wildman–Crippen MR) is 107 cm³/mol. The van der Waals surface area contributed by atoms with Gasteiger partial charge in [-0.1, -0.05) is 38.1 Å². The zero-order chi connectivity index (χ0) is 20.5. The van der Waals surface area contributed by atoms with Crippen LogP contribution in [0.2, 0.25) is 0 Å². The maximum atomic E-state index is 12.0. The molecule has 0 radical (unpaired) electrons. The van der Waals surface area contributed by atoms with Crippen LogP contribution in [0.4, 0.5) is 0 Å². The Morgan fingerprint density at radius 2 is 1.75 bits per heavy atom. The smallest absolute Gasteiger partial charge is 0.276 e. The van der Waals surface area contributed by atoms with Gasteiger partial charge in [-0.05, 0) is 54.2 Å². The molecule has 2 aromatic rings. The second-order valence-corrected chi connectivity index (χ2v) is 6.89. The van der Waals surface area contributed by atoms with E-state index < -0.39 is 5.91 Å². The Hall–Kier alpha value is -3.33. The van der Waals surface area contributed by atoms with E-state index in [-0.39, 0.29) is 24.9 Å². The lowest BCUT2D eigenvalue weighted by molar-refractivity contribution is -0.130. The molecule has 0 atom stereocenters. The molecule has 0 fully saturated rings. The number of nitrogens with zero attached hydrogens (tertiary/aromatic N) is 1. The first kappa shape index (κ1) is 21.0. The van der Waals surface area contributed by atoms with Crippen molar-refractivity contribution in [2.24, 2.45) is 0 Å². The Kier molecular flexibility index (Phi) is 7.58. The molecule has 0 bridgehead atoms. The van der Waals surface area contributed by atoms with Gasteiger partial charge in [-0.25, -0.2) is 0 Å². The lowest BCUT2D eigenvalue weighted by Gasteiger charge is -2.15. The summed E-state index contributed by atoms with van der Waals surface area (Å²) in [5, 5.41) is 8.78. The third-order valence-electron chi connectivity index (χ3n) is 4.21. The minimum absolute atomic E-state index is 0.181. The van der Waals surface area contributed by atoms with Gasteiger partial charge in [0, 0.05) is 6.42 Å². The highest BCUT2D eigenvalue weighted by Gasteiger charge is 2.11. The standard InChI is InChI=1S/C22H25N3O3/c1-15(2)19-10-4-16(3)12-20(19)28-14-22(27)25-24-21(26)11-9-17-5-7-18(13-23)8-6-17/h4-8,10,12,15H,9,11,14H2,1-3H3,(H,24,26)(H,25,27). The molecule has 0 aromatic heterocycles. The molecule has 2 N–H and O–H groups in total. The molecule has 6 nitrogen and oxygen atoms in total. The normalized spacial score (nSPS) is 10.2. The molecule has 0 aliphatic rings. The number of amides is 2. The summed E-state index contributed by atoms with van der Waals surface area (Å²) in [5.74, 6) is 0.233. The second-order valence-electron chi connectivity index (χ2n) is 6.89. The summed E-state index contributed by atoms with van der Waals surface area (Å²) in [4.78, 5) is 23.8. The van der Waals surface area contributed by atoms with Crippen molar-refractivity contribution in [2.75, 3.05) is 6.61 Å². The van der Waals surface area contributed by atoms with E-state index in [2.05, 4.69) is 24.7 Å². The zero-order valence-corrected chi connectivity index (χ0v) is 16.4. The van der Waals surface area contributed by atoms with Crippen LogP contribution >= 0.6 is 0 Å². The van der Waals surface area contributed by atoms with Crippen LogP contribution in [0.25, 0.3) is 0 Å². The first-order chi connectivity index (χ1) is 13.4. The number of hydrogen-bond acceptors (Lipinski definition) is 4. The van der Waals surface area contributed by atoms with Crippen molar-refractivity contribution in [1.29, 1.82) is 5.26 Å². The van der Waals surface area contributed by atoms with Gasteiger partial charge in [0.2, 0.25) is 5.91 Å². The van der Waals surface area contributed by atoms with E-state index in [1.54, 1.807) is 12.1 Å². The van der Waals surface area contributed by atoms with Gasteiger partial charge >= 0.3 is 0 Å². The van der Waals surface area contributed by atoms with Crippen molar-refractivity contribution in [1.82, 2.24) is 10.9 Å². The number of carbonyl (C=O) groups is 2. The van der Waals surface area contributed by atoms with Crippen LogP contribution in [0, 0.1) is 18.3 Å². The number of hydrogen-bond donors (Lipinski definition) is 2. The molecule has 0 spiro atoms. The first-order valence-electron chi connectivity index (χ1n) is 9.19. The Morgan fingerprint density at radius 1 is 1.07 bits per heavy atom. The number of nitrogens with one attached hydrogen (secondary N) is 2. The SMILES string of the molecule is Cc1ccc(C(C)C)c(OCC(=O)NNC(=O)CCc2ccc(C#N)cc2)c1. The summed E-state index contributed by atoms with van der Waals surface area (Å²) < 4.78 is 5.63. The van der Waals surface area contributed by atoms with Crippen molar-refractivity contribution < 1.29 is 14.3 Å². The van der Waals surface area contributed by atoms with Gasteiger partial charge in [0.1, 0.15) is 5.75 Å². The van der Waals surface area contributed by atoms with Crippen molar-refractivity contribution >= 4 is 11.8 Å². The molecule has 0 unspecified atom stereocenters. The van der Waals surface area contributed by atoms with Crippen LogP contribution in [0.3, 0.4) is 0 Å². The van der Waals surface area contributed by atoms with Crippen molar-refractivity contribution in [3.63, 3.8) is 0 Å². The minimum Gasteiger partial charge on any atom is -0.483 e. The first-order valence-corrected chi connectivity index (χ1v) is 9.19. The van der Waals surface area contributed by atoms with Gasteiger partial charge in [0.05, 0.1) is 11.6 Å². The van der Waals surface area contributed by atoms with Crippen LogP contribution in [-0.2, 0) is 16.0 Å². The lowest BCUT2D eigenvalue weighted by atomic mass is 10.0. The summed E-state index contributed by atoms with van der Waals surface area (Å²) in [6.07, 6.45) is 0.743. The minimum atomic E-state index is -0.428. The summed E-state index contributed by atoms with van der Waals surface area (Å²) >= 11 is 0. The van der Waals surface area contributed by atoms with E-state index in [1.807, 2.05) is 43.3 Å². The monoisotopic (exact) mass is 379 g/mol. The van der Waals surface area contributed by atoms with Crippen LogP contribution < -0.4 is 15.6 Å². The molecule has 0 saturated carbocycles.